The summed E-state index contributed by atoms with van der Waals surface area (Å²) in [5, 5.41) is 25.1. The molecule has 0 aliphatic carbocycles. The molecule has 0 unspecified atom stereocenters. The largest absolute Gasteiger partial charge is 0.394 e. The SMILES string of the molecule is O=C(NC[C@@H]1O[C@@H](CO)[C@@H](O)[C@H]1N1CCN(c2ccc(F)cc2)CC1)c1cccs1. The van der Waals surface area contributed by atoms with E-state index in [9.17, 15) is 19.4 Å². The minimum atomic E-state index is -0.837. The smallest absolute Gasteiger partial charge is 0.261 e. The van der Waals surface area contributed by atoms with Crippen molar-refractivity contribution in [3.05, 3.63) is 52.5 Å². The Morgan fingerprint density at radius 3 is 2.53 bits per heavy atom. The number of nitrogens with zero attached hydrogens (tertiary/aromatic N) is 2. The minimum absolute atomic E-state index is 0.171. The lowest BCUT2D eigenvalue weighted by Crippen LogP contribution is -2.57. The van der Waals surface area contributed by atoms with Gasteiger partial charge in [0, 0.05) is 38.4 Å². The summed E-state index contributed by atoms with van der Waals surface area (Å²) in [6.07, 6.45) is -1.93. The Hall–Kier alpha value is -2.04. The van der Waals surface area contributed by atoms with Crippen molar-refractivity contribution in [2.45, 2.75) is 24.4 Å². The average Bonchev–Trinajstić information content (AvgIpc) is 3.41. The standard InChI is InChI=1S/C21H26FN3O4S/c22-14-3-5-15(6-4-14)24-7-9-25(10-8-24)19-16(29-17(13-26)20(19)27)12-23-21(28)18-2-1-11-30-18/h1-6,11,16-17,19-20,26-27H,7-10,12-13H2,(H,23,28)/t16-,17-,19-,20+/m0/s1. The molecule has 3 N–H and O–H groups in total. The zero-order chi connectivity index (χ0) is 21.1. The second-order valence-corrected chi connectivity index (χ2v) is 8.51. The van der Waals surface area contributed by atoms with E-state index in [-0.39, 0.29) is 30.9 Å². The van der Waals surface area contributed by atoms with Gasteiger partial charge in [-0.15, -0.1) is 11.3 Å². The van der Waals surface area contributed by atoms with Crippen LogP contribution in [0.25, 0.3) is 0 Å². The Morgan fingerprint density at radius 2 is 1.90 bits per heavy atom. The molecule has 30 heavy (non-hydrogen) atoms. The second-order valence-electron chi connectivity index (χ2n) is 7.56. The summed E-state index contributed by atoms with van der Waals surface area (Å²) >= 11 is 1.37. The van der Waals surface area contributed by atoms with Gasteiger partial charge in [0.25, 0.3) is 5.91 Å². The van der Waals surface area contributed by atoms with E-state index in [2.05, 4.69) is 15.1 Å². The van der Waals surface area contributed by atoms with Gasteiger partial charge in [-0.05, 0) is 35.7 Å². The van der Waals surface area contributed by atoms with Crippen molar-refractivity contribution >= 4 is 22.9 Å². The fourth-order valence-corrected chi connectivity index (χ4v) is 4.85. The summed E-state index contributed by atoms with van der Waals surface area (Å²) in [6.45, 7) is 2.82. The van der Waals surface area contributed by atoms with Crippen LogP contribution in [0.4, 0.5) is 10.1 Å². The number of carbonyl (C=O) groups excluding carboxylic acids is 1. The second kappa shape index (κ2) is 9.40. The number of anilines is 1. The van der Waals surface area contributed by atoms with Crippen LogP contribution in [-0.2, 0) is 4.74 Å². The lowest BCUT2D eigenvalue weighted by molar-refractivity contribution is -0.0209. The Morgan fingerprint density at radius 1 is 1.17 bits per heavy atom. The van der Waals surface area contributed by atoms with Gasteiger partial charge in [0.15, 0.2) is 0 Å². The highest BCUT2D eigenvalue weighted by Gasteiger charge is 2.46. The number of benzene rings is 1. The molecule has 0 bridgehead atoms. The summed E-state index contributed by atoms with van der Waals surface area (Å²) in [7, 11) is 0. The highest BCUT2D eigenvalue weighted by atomic mass is 32.1. The minimum Gasteiger partial charge on any atom is -0.394 e. The third-order valence-corrected chi connectivity index (χ3v) is 6.65. The van der Waals surface area contributed by atoms with Gasteiger partial charge in [0.2, 0.25) is 0 Å². The molecule has 3 heterocycles. The number of carbonyl (C=O) groups is 1. The van der Waals surface area contributed by atoms with Crippen LogP contribution in [0.1, 0.15) is 9.67 Å². The van der Waals surface area contributed by atoms with Crippen molar-refractivity contribution in [1.29, 1.82) is 0 Å². The van der Waals surface area contributed by atoms with E-state index in [0.717, 1.165) is 18.8 Å². The van der Waals surface area contributed by atoms with E-state index in [1.165, 1.54) is 23.5 Å². The third kappa shape index (κ3) is 4.50. The van der Waals surface area contributed by atoms with Crippen LogP contribution in [0.5, 0.6) is 0 Å². The fourth-order valence-electron chi connectivity index (χ4n) is 4.21. The molecule has 0 saturated carbocycles. The van der Waals surface area contributed by atoms with Crippen molar-refractivity contribution in [2.75, 3.05) is 44.2 Å². The van der Waals surface area contributed by atoms with Gasteiger partial charge < -0.3 is 25.2 Å². The number of nitrogens with one attached hydrogen (secondary N) is 1. The predicted molar refractivity (Wildman–Crippen MR) is 112 cm³/mol. The first kappa shape index (κ1) is 21.2. The Bertz CT molecular complexity index is 827. The quantitative estimate of drug-likeness (QED) is 0.626. The van der Waals surface area contributed by atoms with Gasteiger partial charge in [-0.25, -0.2) is 4.39 Å². The molecule has 1 aromatic carbocycles. The molecule has 4 atom stereocenters. The number of hydrogen-bond donors (Lipinski definition) is 3. The van der Waals surface area contributed by atoms with Crippen LogP contribution < -0.4 is 10.2 Å². The summed E-state index contributed by atoms with van der Waals surface area (Å²) < 4.78 is 19.1. The van der Waals surface area contributed by atoms with Gasteiger partial charge >= 0.3 is 0 Å². The van der Waals surface area contributed by atoms with Gasteiger partial charge in [0.05, 0.1) is 23.6 Å². The average molecular weight is 436 g/mol. The van der Waals surface area contributed by atoms with Crippen LogP contribution >= 0.6 is 11.3 Å². The lowest BCUT2D eigenvalue weighted by Gasteiger charge is -2.41. The zero-order valence-corrected chi connectivity index (χ0v) is 17.3. The molecule has 4 rings (SSSR count). The number of amides is 1. The molecule has 2 aliphatic rings. The van der Waals surface area contributed by atoms with Gasteiger partial charge in [-0.3, -0.25) is 9.69 Å². The highest BCUT2D eigenvalue weighted by Crippen LogP contribution is 2.28. The van der Waals surface area contributed by atoms with E-state index in [0.29, 0.717) is 18.0 Å². The van der Waals surface area contributed by atoms with E-state index in [1.54, 1.807) is 18.2 Å². The van der Waals surface area contributed by atoms with E-state index in [4.69, 9.17) is 4.74 Å². The zero-order valence-electron chi connectivity index (χ0n) is 16.5. The Kier molecular flexibility index (Phi) is 6.64. The van der Waals surface area contributed by atoms with Crippen molar-refractivity contribution in [3.8, 4) is 0 Å². The van der Waals surface area contributed by atoms with Gasteiger partial charge in [-0.1, -0.05) is 6.07 Å². The number of thiophene rings is 1. The molecule has 1 aromatic heterocycles. The summed E-state index contributed by atoms with van der Waals surface area (Å²) in [5.74, 6) is -0.429. The van der Waals surface area contributed by atoms with E-state index < -0.39 is 18.3 Å². The fraction of sp³-hybridized carbons (Fsp3) is 0.476. The molecule has 1 amide bonds. The molecule has 2 aliphatic heterocycles. The maximum atomic E-state index is 13.2. The first-order valence-corrected chi connectivity index (χ1v) is 11.0. The highest BCUT2D eigenvalue weighted by molar-refractivity contribution is 7.12. The topological polar surface area (TPSA) is 85.3 Å². The van der Waals surface area contributed by atoms with Crippen LogP contribution in [0.2, 0.25) is 0 Å². The number of halogens is 1. The maximum absolute atomic E-state index is 13.2. The van der Waals surface area contributed by atoms with Crippen molar-refractivity contribution in [2.24, 2.45) is 0 Å². The molecule has 2 saturated heterocycles. The molecule has 9 heteroatoms. The van der Waals surface area contributed by atoms with Crippen LogP contribution in [0.15, 0.2) is 41.8 Å². The monoisotopic (exact) mass is 435 g/mol. The van der Waals surface area contributed by atoms with E-state index >= 15 is 0 Å². The maximum Gasteiger partial charge on any atom is 0.261 e. The molecule has 2 fully saturated rings. The Labute approximate surface area is 178 Å². The van der Waals surface area contributed by atoms with Gasteiger partial charge in [0.1, 0.15) is 18.0 Å². The van der Waals surface area contributed by atoms with Gasteiger partial charge in [-0.2, -0.15) is 0 Å². The van der Waals surface area contributed by atoms with Crippen molar-refractivity contribution in [1.82, 2.24) is 10.2 Å². The van der Waals surface area contributed by atoms with Crippen LogP contribution in [0.3, 0.4) is 0 Å². The molecule has 7 nitrogen and oxygen atoms in total. The molecule has 0 spiro atoms. The third-order valence-electron chi connectivity index (χ3n) is 5.78. The van der Waals surface area contributed by atoms with Crippen LogP contribution in [-0.4, -0.2) is 84.7 Å². The number of hydrogen-bond acceptors (Lipinski definition) is 7. The summed E-state index contributed by atoms with van der Waals surface area (Å²) in [6, 6.07) is 9.70. The summed E-state index contributed by atoms with van der Waals surface area (Å²) in [4.78, 5) is 17.2. The number of rotatable bonds is 6. The molecular weight excluding hydrogens is 409 g/mol. The lowest BCUT2D eigenvalue weighted by atomic mass is 10.0. The van der Waals surface area contributed by atoms with Crippen LogP contribution in [0, 0.1) is 5.82 Å². The van der Waals surface area contributed by atoms with Crippen molar-refractivity contribution < 1.29 is 24.1 Å². The summed E-state index contributed by atoms with van der Waals surface area (Å²) in [5.41, 5.74) is 0.965. The molecule has 2 aromatic rings. The molecular formula is C21H26FN3O4S. The first-order valence-electron chi connectivity index (χ1n) is 10.1. The normalized spacial score (nSPS) is 27.4. The molecule has 0 radical (unpaired) electrons. The predicted octanol–water partition coefficient (Wildman–Crippen LogP) is 0.928. The Balaban J connectivity index is 1.38. The number of aliphatic hydroxyl groups is 2. The number of piperazine rings is 1. The van der Waals surface area contributed by atoms with Crippen molar-refractivity contribution in [3.63, 3.8) is 0 Å². The first-order chi connectivity index (χ1) is 14.6. The number of ether oxygens (including phenoxy) is 1. The molecule has 162 valence electrons. The number of aliphatic hydroxyl groups excluding tert-OH is 2. The van der Waals surface area contributed by atoms with E-state index in [1.807, 2.05) is 11.4 Å².